The van der Waals surface area contributed by atoms with Crippen LogP contribution in [0.1, 0.15) is 46.0 Å². The van der Waals surface area contributed by atoms with Crippen molar-refractivity contribution in [3.63, 3.8) is 0 Å². The average molecular weight is 250 g/mol. The van der Waals surface area contributed by atoms with Crippen molar-refractivity contribution in [2.45, 2.75) is 58.0 Å². The number of nitrogens with zero attached hydrogens (tertiary/aromatic N) is 1. The number of carbonyl (C=O) groups is 1. The van der Waals surface area contributed by atoms with E-state index in [1.54, 1.807) is 0 Å². The van der Waals surface area contributed by atoms with Crippen LogP contribution in [-0.2, 0) is 4.79 Å². The summed E-state index contributed by atoms with van der Waals surface area (Å²) >= 11 is 0. The highest BCUT2D eigenvalue weighted by Gasteiger charge is 2.57. The molecule has 0 aromatic heterocycles. The summed E-state index contributed by atoms with van der Waals surface area (Å²) in [6.45, 7) is 6.36. The van der Waals surface area contributed by atoms with E-state index in [1.165, 1.54) is 32.1 Å². The molecule has 1 amide bonds. The molecule has 2 saturated carbocycles. The van der Waals surface area contributed by atoms with Crippen LogP contribution in [0.2, 0.25) is 0 Å². The van der Waals surface area contributed by atoms with Gasteiger partial charge in [-0.25, -0.2) is 0 Å². The third-order valence-corrected chi connectivity index (χ3v) is 5.18. The van der Waals surface area contributed by atoms with Crippen molar-refractivity contribution in [2.75, 3.05) is 13.1 Å². The zero-order valence-electron chi connectivity index (χ0n) is 11.7. The second kappa shape index (κ2) is 4.84. The molecule has 102 valence electrons. The molecule has 0 spiro atoms. The summed E-state index contributed by atoms with van der Waals surface area (Å²) < 4.78 is 0. The van der Waals surface area contributed by atoms with Gasteiger partial charge in [0.15, 0.2) is 0 Å². The summed E-state index contributed by atoms with van der Waals surface area (Å²) in [5, 5.41) is 3.51. The van der Waals surface area contributed by atoms with Crippen LogP contribution in [0.15, 0.2) is 0 Å². The van der Waals surface area contributed by atoms with Crippen molar-refractivity contribution in [2.24, 2.45) is 17.8 Å². The van der Waals surface area contributed by atoms with Crippen molar-refractivity contribution in [1.29, 1.82) is 0 Å². The van der Waals surface area contributed by atoms with Crippen LogP contribution in [0.5, 0.6) is 0 Å². The van der Waals surface area contributed by atoms with E-state index in [4.69, 9.17) is 0 Å². The highest BCUT2D eigenvalue weighted by atomic mass is 16.2. The summed E-state index contributed by atoms with van der Waals surface area (Å²) in [6.07, 6.45) is 6.45. The van der Waals surface area contributed by atoms with E-state index in [9.17, 15) is 4.79 Å². The molecule has 3 nitrogen and oxygen atoms in total. The lowest BCUT2D eigenvalue weighted by molar-refractivity contribution is -0.135. The van der Waals surface area contributed by atoms with Gasteiger partial charge in [0.05, 0.1) is 0 Å². The van der Waals surface area contributed by atoms with Gasteiger partial charge in [-0.3, -0.25) is 4.79 Å². The molecule has 3 atom stereocenters. The van der Waals surface area contributed by atoms with E-state index in [2.05, 4.69) is 24.1 Å². The predicted octanol–water partition coefficient (Wildman–Crippen LogP) is 2.02. The van der Waals surface area contributed by atoms with Crippen molar-refractivity contribution in [1.82, 2.24) is 10.2 Å². The molecule has 3 aliphatic rings. The third-order valence-electron chi connectivity index (χ3n) is 5.18. The summed E-state index contributed by atoms with van der Waals surface area (Å²) in [7, 11) is 0. The van der Waals surface area contributed by atoms with Gasteiger partial charge in [-0.15, -0.1) is 0 Å². The molecule has 1 N–H and O–H groups in total. The Morgan fingerprint density at radius 3 is 2.50 bits per heavy atom. The Labute approximate surface area is 110 Å². The van der Waals surface area contributed by atoms with Crippen molar-refractivity contribution in [3.8, 4) is 0 Å². The number of amides is 1. The molecule has 1 saturated heterocycles. The topological polar surface area (TPSA) is 32.3 Å². The van der Waals surface area contributed by atoms with E-state index in [-0.39, 0.29) is 0 Å². The normalized spacial score (nSPS) is 37.9. The SMILES string of the molecule is CC(C)N(CC1CCCN1)C(=O)C1C2CCCC21. The van der Waals surface area contributed by atoms with Crippen LogP contribution in [-0.4, -0.2) is 36.0 Å². The molecule has 0 radical (unpaired) electrons. The van der Waals surface area contributed by atoms with Gasteiger partial charge in [0.2, 0.25) is 5.91 Å². The fourth-order valence-corrected chi connectivity index (χ4v) is 4.08. The molecule has 3 unspecified atom stereocenters. The average Bonchev–Trinajstić information content (AvgIpc) is 2.79. The first-order valence-corrected chi connectivity index (χ1v) is 7.72. The maximum atomic E-state index is 12.6. The minimum absolute atomic E-state index is 0.348. The number of hydrogen-bond donors (Lipinski definition) is 1. The van der Waals surface area contributed by atoms with E-state index >= 15 is 0 Å². The molecule has 2 aliphatic carbocycles. The van der Waals surface area contributed by atoms with Gasteiger partial charge in [0.25, 0.3) is 0 Å². The molecule has 3 heteroatoms. The Kier molecular flexibility index (Phi) is 3.35. The van der Waals surface area contributed by atoms with Crippen LogP contribution in [0.4, 0.5) is 0 Å². The Morgan fingerprint density at radius 2 is 1.94 bits per heavy atom. The molecule has 0 aromatic carbocycles. The number of fused-ring (bicyclic) bond motifs is 1. The monoisotopic (exact) mass is 250 g/mol. The van der Waals surface area contributed by atoms with Gasteiger partial charge in [0.1, 0.15) is 0 Å². The summed E-state index contributed by atoms with van der Waals surface area (Å²) in [4.78, 5) is 14.8. The molecule has 3 rings (SSSR count). The molecule has 1 heterocycles. The van der Waals surface area contributed by atoms with E-state index in [0.29, 0.717) is 23.9 Å². The van der Waals surface area contributed by atoms with Gasteiger partial charge >= 0.3 is 0 Å². The van der Waals surface area contributed by atoms with Crippen molar-refractivity contribution >= 4 is 5.91 Å². The standard InChI is InChI=1S/C15H26N2O/c1-10(2)17(9-11-5-4-8-16-11)15(18)14-12-6-3-7-13(12)14/h10-14,16H,3-9H2,1-2H3. The molecular formula is C15H26N2O. The highest BCUT2D eigenvalue weighted by Crippen LogP contribution is 2.58. The fourth-order valence-electron chi connectivity index (χ4n) is 4.08. The number of carbonyl (C=O) groups excluding carboxylic acids is 1. The first kappa shape index (κ1) is 12.5. The quantitative estimate of drug-likeness (QED) is 0.828. The summed E-state index contributed by atoms with van der Waals surface area (Å²) in [5.74, 6) is 2.33. The molecule has 0 bridgehead atoms. The summed E-state index contributed by atoms with van der Waals surface area (Å²) in [5.41, 5.74) is 0. The Morgan fingerprint density at radius 1 is 1.22 bits per heavy atom. The minimum atomic E-state index is 0.348. The van der Waals surface area contributed by atoms with Crippen molar-refractivity contribution in [3.05, 3.63) is 0 Å². The second-order valence-electron chi connectivity index (χ2n) is 6.66. The number of hydrogen-bond acceptors (Lipinski definition) is 2. The van der Waals surface area contributed by atoms with Gasteiger partial charge < -0.3 is 10.2 Å². The molecule has 18 heavy (non-hydrogen) atoms. The first-order chi connectivity index (χ1) is 8.68. The molecule has 0 aromatic rings. The van der Waals surface area contributed by atoms with E-state index in [1.807, 2.05) is 0 Å². The van der Waals surface area contributed by atoms with Gasteiger partial charge in [-0.1, -0.05) is 6.42 Å². The Balaban J connectivity index is 1.60. The number of nitrogens with one attached hydrogen (secondary N) is 1. The molecular weight excluding hydrogens is 224 g/mol. The van der Waals surface area contributed by atoms with Crippen LogP contribution in [0.25, 0.3) is 0 Å². The minimum Gasteiger partial charge on any atom is -0.338 e. The maximum Gasteiger partial charge on any atom is 0.226 e. The third kappa shape index (κ3) is 2.18. The van der Waals surface area contributed by atoms with E-state index < -0.39 is 0 Å². The van der Waals surface area contributed by atoms with E-state index in [0.717, 1.165) is 24.9 Å². The van der Waals surface area contributed by atoms with Crippen LogP contribution in [0.3, 0.4) is 0 Å². The zero-order valence-corrected chi connectivity index (χ0v) is 11.7. The van der Waals surface area contributed by atoms with Crippen LogP contribution >= 0.6 is 0 Å². The molecule has 3 fully saturated rings. The largest absolute Gasteiger partial charge is 0.338 e. The Hall–Kier alpha value is -0.570. The van der Waals surface area contributed by atoms with Gasteiger partial charge in [0, 0.05) is 24.5 Å². The smallest absolute Gasteiger partial charge is 0.226 e. The lowest BCUT2D eigenvalue weighted by Crippen LogP contribution is -2.45. The maximum absolute atomic E-state index is 12.6. The second-order valence-corrected chi connectivity index (χ2v) is 6.66. The first-order valence-electron chi connectivity index (χ1n) is 7.72. The van der Waals surface area contributed by atoms with Crippen LogP contribution in [0, 0.1) is 17.8 Å². The highest BCUT2D eigenvalue weighted by molar-refractivity contribution is 5.82. The summed E-state index contributed by atoms with van der Waals surface area (Å²) in [6, 6.07) is 0.885. The van der Waals surface area contributed by atoms with Crippen molar-refractivity contribution < 1.29 is 4.79 Å². The fraction of sp³-hybridized carbons (Fsp3) is 0.933. The number of rotatable bonds is 4. The Bertz CT molecular complexity index is 312. The predicted molar refractivity (Wildman–Crippen MR) is 72.2 cm³/mol. The lowest BCUT2D eigenvalue weighted by atomic mass is 10.1. The lowest BCUT2D eigenvalue weighted by Gasteiger charge is -2.30. The zero-order chi connectivity index (χ0) is 12.7. The molecule has 1 aliphatic heterocycles. The van der Waals surface area contributed by atoms with Gasteiger partial charge in [-0.05, 0) is 57.9 Å². The van der Waals surface area contributed by atoms with Gasteiger partial charge in [-0.2, -0.15) is 0 Å². The van der Waals surface area contributed by atoms with Crippen LogP contribution < -0.4 is 5.32 Å².